The molecule has 18 heavy (non-hydrogen) atoms. The Bertz CT molecular complexity index is 455. The highest BCUT2D eigenvalue weighted by Gasteiger charge is 2.31. The van der Waals surface area contributed by atoms with Crippen LogP contribution in [0, 0.1) is 0 Å². The van der Waals surface area contributed by atoms with E-state index >= 15 is 0 Å². The van der Waals surface area contributed by atoms with Crippen molar-refractivity contribution in [3.8, 4) is 11.5 Å². The zero-order valence-corrected chi connectivity index (χ0v) is 11.7. The van der Waals surface area contributed by atoms with Gasteiger partial charge in [-0.3, -0.25) is 4.79 Å². The monoisotopic (exact) mass is 272 g/mol. The summed E-state index contributed by atoms with van der Waals surface area (Å²) in [7, 11) is 3.04. The van der Waals surface area contributed by atoms with Gasteiger partial charge in [0.2, 0.25) is 0 Å². The molecule has 0 aliphatic rings. The van der Waals surface area contributed by atoms with Crippen LogP contribution in [-0.2, 0) is 10.2 Å². The van der Waals surface area contributed by atoms with Gasteiger partial charge < -0.3 is 14.6 Å². The average Bonchev–Trinajstić information content (AvgIpc) is 2.26. The molecule has 0 heterocycles. The summed E-state index contributed by atoms with van der Waals surface area (Å²) in [4.78, 5) is 10.9. The largest absolute Gasteiger partial charge is 0.496 e. The fraction of sp³-hybridized carbons (Fsp3) is 0.462. The molecule has 0 fully saturated rings. The normalized spacial score (nSPS) is 11.2. The zero-order chi connectivity index (χ0) is 13.9. The van der Waals surface area contributed by atoms with Crippen LogP contribution in [0.1, 0.15) is 25.8 Å². The first-order valence-corrected chi connectivity index (χ1v) is 5.84. The summed E-state index contributed by atoms with van der Waals surface area (Å²) in [5, 5.41) is 9.37. The molecule has 1 N–H and O–H groups in total. The Morgan fingerprint density at radius 1 is 1.28 bits per heavy atom. The first-order chi connectivity index (χ1) is 8.33. The highest BCUT2D eigenvalue weighted by Crippen LogP contribution is 2.43. The minimum atomic E-state index is -0.888. The van der Waals surface area contributed by atoms with Gasteiger partial charge in [0.25, 0.3) is 0 Å². The second-order valence-corrected chi connectivity index (χ2v) is 4.99. The van der Waals surface area contributed by atoms with Crippen molar-refractivity contribution in [3.63, 3.8) is 0 Å². The molecule has 0 aliphatic heterocycles. The maximum absolute atomic E-state index is 10.9. The van der Waals surface area contributed by atoms with Crippen LogP contribution in [0.15, 0.2) is 12.1 Å². The molecule has 1 rings (SSSR count). The number of hydrogen-bond acceptors (Lipinski definition) is 3. The van der Waals surface area contributed by atoms with E-state index in [4.69, 9.17) is 26.2 Å². The van der Waals surface area contributed by atoms with Crippen LogP contribution in [0.4, 0.5) is 0 Å². The highest BCUT2D eigenvalue weighted by molar-refractivity contribution is 6.33. The minimum absolute atomic E-state index is 0.0454. The molecule has 0 bridgehead atoms. The van der Waals surface area contributed by atoms with E-state index in [-0.39, 0.29) is 6.42 Å². The van der Waals surface area contributed by atoms with Crippen LogP contribution in [0.25, 0.3) is 0 Å². The number of methoxy groups -OCH3 is 2. The highest BCUT2D eigenvalue weighted by atomic mass is 35.5. The first kappa shape index (κ1) is 14.6. The summed E-state index contributed by atoms with van der Waals surface area (Å²) < 4.78 is 10.4. The molecular weight excluding hydrogens is 256 g/mol. The molecule has 0 unspecified atom stereocenters. The van der Waals surface area contributed by atoms with E-state index in [2.05, 4.69) is 0 Å². The summed E-state index contributed by atoms with van der Waals surface area (Å²) in [6.07, 6.45) is -0.0454. The standard InChI is InChI=1S/C13H17ClO4/c1-13(2,7-10(15)16)11-8(17-3)5-6-9(18-4)12(11)14/h5-6H,7H2,1-4H3,(H,15,16). The number of rotatable bonds is 5. The van der Waals surface area contributed by atoms with Gasteiger partial charge in [-0.05, 0) is 12.1 Å². The van der Waals surface area contributed by atoms with E-state index in [0.29, 0.717) is 22.1 Å². The maximum Gasteiger partial charge on any atom is 0.304 e. The van der Waals surface area contributed by atoms with Crippen molar-refractivity contribution in [3.05, 3.63) is 22.7 Å². The molecule has 1 aromatic carbocycles. The summed E-state index contributed by atoms with van der Waals surface area (Å²) in [6.45, 7) is 3.62. The van der Waals surface area contributed by atoms with E-state index in [1.165, 1.54) is 14.2 Å². The molecule has 0 atom stereocenters. The first-order valence-electron chi connectivity index (χ1n) is 5.46. The van der Waals surface area contributed by atoms with Crippen LogP contribution in [0.2, 0.25) is 5.02 Å². The average molecular weight is 273 g/mol. The maximum atomic E-state index is 10.9. The molecular formula is C13H17ClO4. The van der Waals surface area contributed by atoms with Crippen molar-refractivity contribution < 1.29 is 19.4 Å². The van der Waals surface area contributed by atoms with Crippen molar-refractivity contribution in [2.24, 2.45) is 0 Å². The fourth-order valence-corrected chi connectivity index (χ4v) is 2.45. The molecule has 0 aromatic heterocycles. The topological polar surface area (TPSA) is 55.8 Å². The molecule has 0 radical (unpaired) electrons. The lowest BCUT2D eigenvalue weighted by Crippen LogP contribution is -2.23. The summed E-state index contributed by atoms with van der Waals surface area (Å²) in [5.74, 6) is 0.180. The van der Waals surface area contributed by atoms with Gasteiger partial charge in [0.05, 0.1) is 25.7 Å². The zero-order valence-electron chi connectivity index (χ0n) is 10.9. The van der Waals surface area contributed by atoms with Gasteiger partial charge in [-0.15, -0.1) is 0 Å². The van der Waals surface area contributed by atoms with Gasteiger partial charge in [0.15, 0.2) is 0 Å². The lowest BCUT2D eigenvalue weighted by Gasteiger charge is -2.27. The third-order valence-corrected chi connectivity index (χ3v) is 3.15. The molecule has 0 saturated heterocycles. The Hall–Kier alpha value is -1.42. The molecule has 4 nitrogen and oxygen atoms in total. The second-order valence-electron chi connectivity index (χ2n) is 4.61. The third kappa shape index (κ3) is 2.88. The number of hydrogen-bond donors (Lipinski definition) is 1. The van der Waals surface area contributed by atoms with E-state index in [1.807, 2.05) is 13.8 Å². The number of carboxylic acid groups (broad SMARTS) is 1. The Kier molecular flexibility index (Phi) is 4.46. The third-order valence-electron chi connectivity index (χ3n) is 2.78. The summed E-state index contributed by atoms with van der Waals surface area (Å²) in [5.41, 5.74) is -0.00332. The van der Waals surface area contributed by atoms with Crippen molar-refractivity contribution in [2.45, 2.75) is 25.7 Å². The Morgan fingerprint density at radius 3 is 2.22 bits per heavy atom. The van der Waals surface area contributed by atoms with Gasteiger partial charge in [-0.25, -0.2) is 0 Å². The molecule has 0 aliphatic carbocycles. The Labute approximate surface area is 111 Å². The van der Waals surface area contributed by atoms with Crippen LogP contribution in [0.5, 0.6) is 11.5 Å². The number of halogens is 1. The van der Waals surface area contributed by atoms with E-state index < -0.39 is 11.4 Å². The van der Waals surface area contributed by atoms with Crippen molar-refractivity contribution >= 4 is 17.6 Å². The fourth-order valence-electron chi connectivity index (χ4n) is 1.96. The van der Waals surface area contributed by atoms with E-state index in [0.717, 1.165) is 0 Å². The number of ether oxygens (including phenoxy) is 2. The molecule has 0 saturated carbocycles. The number of carbonyl (C=O) groups is 1. The molecule has 100 valence electrons. The lowest BCUT2D eigenvalue weighted by molar-refractivity contribution is -0.138. The minimum Gasteiger partial charge on any atom is -0.496 e. The molecule has 0 amide bonds. The van der Waals surface area contributed by atoms with Gasteiger partial charge >= 0.3 is 5.97 Å². The van der Waals surface area contributed by atoms with Gasteiger partial charge in [-0.2, -0.15) is 0 Å². The number of carboxylic acids is 1. The quantitative estimate of drug-likeness (QED) is 0.895. The van der Waals surface area contributed by atoms with Crippen LogP contribution < -0.4 is 9.47 Å². The van der Waals surface area contributed by atoms with Gasteiger partial charge in [0, 0.05) is 11.0 Å². The SMILES string of the molecule is COc1ccc(OC)c(C(C)(C)CC(=O)O)c1Cl. The molecule has 5 heteroatoms. The number of benzene rings is 1. The van der Waals surface area contributed by atoms with Gasteiger partial charge in [0.1, 0.15) is 11.5 Å². The van der Waals surface area contributed by atoms with E-state index in [1.54, 1.807) is 12.1 Å². The molecule has 0 spiro atoms. The van der Waals surface area contributed by atoms with Crippen LogP contribution in [-0.4, -0.2) is 25.3 Å². The Morgan fingerprint density at radius 2 is 1.78 bits per heavy atom. The second kappa shape index (κ2) is 5.48. The lowest BCUT2D eigenvalue weighted by atomic mass is 9.81. The van der Waals surface area contributed by atoms with Crippen LogP contribution >= 0.6 is 11.6 Å². The predicted molar refractivity (Wildman–Crippen MR) is 69.8 cm³/mol. The molecule has 1 aromatic rings. The Balaban J connectivity index is 3.40. The van der Waals surface area contributed by atoms with Gasteiger partial charge in [-0.1, -0.05) is 25.4 Å². The predicted octanol–water partition coefficient (Wildman–Crippen LogP) is 3.11. The van der Waals surface area contributed by atoms with Crippen molar-refractivity contribution in [1.29, 1.82) is 0 Å². The summed E-state index contributed by atoms with van der Waals surface area (Å²) >= 11 is 6.26. The van der Waals surface area contributed by atoms with Crippen molar-refractivity contribution in [1.82, 2.24) is 0 Å². The number of aliphatic carboxylic acids is 1. The van der Waals surface area contributed by atoms with E-state index in [9.17, 15) is 4.79 Å². The van der Waals surface area contributed by atoms with Crippen LogP contribution in [0.3, 0.4) is 0 Å². The summed E-state index contributed by atoms with van der Waals surface area (Å²) in [6, 6.07) is 3.42. The van der Waals surface area contributed by atoms with Crippen molar-refractivity contribution in [2.75, 3.05) is 14.2 Å². The smallest absolute Gasteiger partial charge is 0.304 e.